The Hall–Kier alpha value is -3.28. The van der Waals surface area contributed by atoms with Gasteiger partial charge in [-0.1, -0.05) is 24.3 Å². The molecule has 0 atom stereocenters. The topological polar surface area (TPSA) is 70.8 Å². The number of hydrogen-bond acceptors (Lipinski definition) is 6. The summed E-state index contributed by atoms with van der Waals surface area (Å²) >= 11 is 0. The van der Waals surface area contributed by atoms with Crippen LogP contribution in [-0.4, -0.2) is 30.8 Å². The van der Waals surface area contributed by atoms with Crippen molar-refractivity contribution in [1.29, 1.82) is 0 Å². The summed E-state index contributed by atoms with van der Waals surface area (Å²) in [5.41, 5.74) is 2.80. The predicted octanol–water partition coefficient (Wildman–Crippen LogP) is 5.17. The molecule has 0 unspecified atom stereocenters. The molecule has 0 amide bonds. The number of hydrogen-bond donors (Lipinski definition) is 0. The second-order valence-electron chi connectivity index (χ2n) is 6.99. The Balaban J connectivity index is 1.59. The van der Waals surface area contributed by atoms with Crippen molar-refractivity contribution in [3.05, 3.63) is 65.5 Å². The fraction of sp³-hybridized carbons (Fsp3) is 0.360. The highest BCUT2D eigenvalue weighted by Gasteiger charge is 2.12. The number of aromatic nitrogens is 1. The van der Waals surface area contributed by atoms with Crippen LogP contribution in [0, 0.1) is 6.92 Å². The normalized spacial score (nSPS) is 10.7. The van der Waals surface area contributed by atoms with E-state index in [9.17, 15) is 4.79 Å². The van der Waals surface area contributed by atoms with Crippen molar-refractivity contribution in [2.45, 2.75) is 40.0 Å². The van der Waals surface area contributed by atoms with Crippen LogP contribution in [0.2, 0.25) is 0 Å². The highest BCUT2D eigenvalue weighted by Crippen LogP contribution is 2.27. The number of ether oxygens (including phenoxy) is 3. The summed E-state index contributed by atoms with van der Waals surface area (Å²) in [6.07, 6.45) is 1.52. The largest absolute Gasteiger partial charge is 0.493 e. The Morgan fingerprint density at radius 3 is 2.55 bits per heavy atom. The van der Waals surface area contributed by atoms with Crippen molar-refractivity contribution in [3.8, 4) is 23.0 Å². The maximum absolute atomic E-state index is 11.6. The van der Waals surface area contributed by atoms with Crippen molar-refractivity contribution in [1.82, 2.24) is 4.98 Å². The van der Waals surface area contributed by atoms with E-state index in [1.807, 2.05) is 62.4 Å². The molecule has 3 rings (SSSR count). The van der Waals surface area contributed by atoms with Crippen LogP contribution >= 0.6 is 0 Å². The van der Waals surface area contributed by atoms with Gasteiger partial charge in [0.15, 0.2) is 0 Å². The minimum Gasteiger partial charge on any atom is -0.493 e. The molecule has 0 saturated carbocycles. The van der Waals surface area contributed by atoms with Gasteiger partial charge in [0.25, 0.3) is 0 Å². The van der Waals surface area contributed by atoms with Crippen LogP contribution in [0.5, 0.6) is 11.5 Å². The molecular formula is C25H29NO5. The SMILES string of the molecule is CCOC(=O)CCc1ccc(OCCc2nc(-c3ccccc3)oc2C)cc1OCC. The van der Waals surface area contributed by atoms with E-state index in [2.05, 4.69) is 4.98 Å². The first-order chi connectivity index (χ1) is 15.1. The third kappa shape index (κ3) is 6.35. The molecule has 0 radical (unpaired) electrons. The first-order valence-corrected chi connectivity index (χ1v) is 10.7. The van der Waals surface area contributed by atoms with Gasteiger partial charge in [0, 0.05) is 24.5 Å². The minimum absolute atomic E-state index is 0.205. The number of benzene rings is 2. The number of rotatable bonds is 11. The van der Waals surface area contributed by atoms with Gasteiger partial charge in [-0.05, 0) is 51.0 Å². The molecular weight excluding hydrogens is 394 g/mol. The van der Waals surface area contributed by atoms with Crippen molar-refractivity contribution in [2.24, 2.45) is 0 Å². The zero-order chi connectivity index (χ0) is 22.1. The van der Waals surface area contributed by atoms with Crippen molar-refractivity contribution < 1.29 is 23.4 Å². The zero-order valence-corrected chi connectivity index (χ0v) is 18.3. The maximum Gasteiger partial charge on any atom is 0.306 e. The van der Waals surface area contributed by atoms with Gasteiger partial charge < -0.3 is 18.6 Å². The van der Waals surface area contributed by atoms with E-state index in [-0.39, 0.29) is 5.97 Å². The molecule has 2 aromatic carbocycles. The summed E-state index contributed by atoms with van der Waals surface area (Å²) in [4.78, 5) is 16.3. The number of aryl methyl sites for hydroxylation is 2. The van der Waals surface area contributed by atoms with Crippen LogP contribution < -0.4 is 9.47 Å². The molecule has 1 aromatic heterocycles. The van der Waals surface area contributed by atoms with E-state index in [4.69, 9.17) is 18.6 Å². The lowest BCUT2D eigenvalue weighted by Crippen LogP contribution is -2.07. The lowest BCUT2D eigenvalue weighted by atomic mass is 10.1. The molecule has 0 fully saturated rings. The number of oxazole rings is 1. The van der Waals surface area contributed by atoms with Gasteiger partial charge in [-0.3, -0.25) is 4.79 Å². The highest BCUT2D eigenvalue weighted by atomic mass is 16.5. The Bertz CT molecular complexity index is 981. The maximum atomic E-state index is 11.6. The molecule has 31 heavy (non-hydrogen) atoms. The molecule has 6 nitrogen and oxygen atoms in total. The summed E-state index contributed by atoms with van der Waals surface area (Å²) < 4.78 is 22.5. The summed E-state index contributed by atoms with van der Waals surface area (Å²) in [5, 5.41) is 0. The number of carbonyl (C=O) groups excluding carboxylic acids is 1. The van der Waals surface area contributed by atoms with Gasteiger partial charge >= 0.3 is 5.97 Å². The summed E-state index contributed by atoms with van der Waals surface area (Å²) in [6, 6.07) is 15.5. The molecule has 0 aliphatic rings. The smallest absolute Gasteiger partial charge is 0.306 e. The van der Waals surface area contributed by atoms with Crippen LogP contribution in [0.15, 0.2) is 52.9 Å². The summed E-state index contributed by atoms with van der Waals surface area (Å²) in [6.45, 7) is 7.05. The number of carbonyl (C=O) groups is 1. The first kappa shape index (κ1) is 22.4. The van der Waals surface area contributed by atoms with Gasteiger partial charge in [0.1, 0.15) is 17.3 Å². The van der Waals surface area contributed by atoms with E-state index in [1.165, 1.54) is 0 Å². The third-order valence-electron chi connectivity index (χ3n) is 4.76. The molecule has 0 spiro atoms. The fourth-order valence-corrected chi connectivity index (χ4v) is 3.22. The van der Waals surface area contributed by atoms with Gasteiger partial charge in [-0.25, -0.2) is 4.98 Å². The summed E-state index contributed by atoms with van der Waals surface area (Å²) in [7, 11) is 0. The summed E-state index contributed by atoms with van der Waals surface area (Å²) in [5.74, 6) is 2.66. The van der Waals surface area contributed by atoms with Crippen LogP contribution in [0.4, 0.5) is 0 Å². The molecule has 0 aliphatic carbocycles. The van der Waals surface area contributed by atoms with Crippen molar-refractivity contribution >= 4 is 5.97 Å². The molecule has 6 heteroatoms. The van der Waals surface area contributed by atoms with E-state index in [1.54, 1.807) is 6.92 Å². The average molecular weight is 424 g/mol. The van der Waals surface area contributed by atoms with Gasteiger partial charge in [-0.15, -0.1) is 0 Å². The Labute approximate surface area is 183 Å². The van der Waals surface area contributed by atoms with Gasteiger partial charge in [0.05, 0.1) is 25.5 Å². The number of esters is 1. The van der Waals surface area contributed by atoms with Crippen LogP contribution in [-0.2, 0) is 22.4 Å². The van der Waals surface area contributed by atoms with E-state index in [0.717, 1.165) is 28.3 Å². The van der Waals surface area contributed by atoms with Crippen LogP contribution in [0.3, 0.4) is 0 Å². The molecule has 1 heterocycles. The van der Waals surface area contributed by atoms with Crippen molar-refractivity contribution in [2.75, 3.05) is 19.8 Å². The second kappa shape index (κ2) is 11.2. The zero-order valence-electron chi connectivity index (χ0n) is 18.3. The molecule has 0 N–H and O–H groups in total. The van der Waals surface area contributed by atoms with Crippen molar-refractivity contribution in [3.63, 3.8) is 0 Å². The molecule has 3 aromatic rings. The van der Waals surface area contributed by atoms with Gasteiger partial charge in [-0.2, -0.15) is 0 Å². The first-order valence-electron chi connectivity index (χ1n) is 10.7. The van der Waals surface area contributed by atoms with E-state index in [0.29, 0.717) is 50.7 Å². The average Bonchev–Trinajstić information content (AvgIpc) is 3.15. The lowest BCUT2D eigenvalue weighted by Gasteiger charge is -2.13. The van der Waals surface area contributed by atoms with Gasteiger partial charge in [0.2, 0.25) is 5.89 Å². The molecule has 164 valence electrons. The Morgan fingerprint density at radius 1 is 1.00 bits per heavy atom. The number of nitrogens with zero attached hydrogens (tertiary/aromatic N) is 1. The minimum atomic E-state index is -0.205. The monoisotopic (exact) mass is 423 g/mol. The standard InChI is InChI=1S/C25H29NO5/c1-4-28-23-17-21(13-11-19(23)12-14-24(27)29-5-2)30-16-15-22-18(3)31-25(26-22)20-9-7-6-8-10-20/h6-11,13,17H,4-5,12,14-16H2,1-3H3. The molecule has 0 aliphatic heterocycles. The highest BCUT2D eigenvalue weighted by molar-refractivity contribution is 5.69. The molecule has 0 saturated heterocycles. The Morgan fingerprint density at radius 2 is 1.81 bits per heavy atom. The third-order valence-corrected chi connectivity index (χ3v) is 4.76. The van der Waals surface area contributed by atoms with E-state index >= 15 is 0 Å². The molecule has 0 bridgehead atoms. The van der Waals surface area contributed by atoms with E-state index < -0.39 is 0 Å². The second-order valence-corrected chi connectivity index (χ2v) is 6.99. The Kier molecular flexibility index (Phi) is 8.10. The van der Waals surface area contributed by atoms with Crippen LogP contribution in [0.25, 0.3) is 11.5 Å². The quantitative estimate of drug-likeness (QED) is 0.397. The fourth-order valence-electron chi connectivity index (χ4n) is 3.22. The van der Waals surface area contributed by atoms with Crippen LogP contribution in [0.1, 0.15) is 37.3 Å². The lowest BCUT2D eigenvalue weighted by molar-refractivity contribution is -0.143. The predicted molar refractivity (Wildman–Crippen MR) is 118 cm³/mol.